The number of amides is 1. The molecule has 0 saturated heterocycles. The van der Waals surface area contributed by atoms with Crippen LogP contribution in [0.1, 0.15) is 46.4 Å². The van der Waals surface area contributed by atoms with Crippen LogP contribution < -0.4 is 10.6 Å². The Morgan fingerprint density at radius 3 is 2.74 bits per heavy atom. The number of fused-ring (bicyclic) bond motifs is 1. The Balaban J connectivity index is 0.00000192. The Hall–Kier alpha value is -1.55. The van der Waals surface area contributed by atoms with Crippen molar-refractivity contribution in [2.75, 3.05) is 0 Å². The van der Waals surface area contributed by atoms with Gasteiger partial charge in [0, 0.05) is 23.7 Å². The number of hydrogen-bond donors (Lipinski definition) is 2. The van der Waals surface area contributed by atoms with Crippen LogP contribution in [-0.4, -0.2) is 5.91 Å². The van der Waals surface area contributed by atoms with Gasteiger partial charge in [-0.25, -0.2) is 0 Å². The van der Waals surface area contributed by atoms with E-state index in [1.54, 1.807) is 0 Å². The van der Waals surface area contributed by atoms with Crippen molar-refractivity contribution < 1.29 is 4.79 Å². The van der Waals surface area contributed by atoms with Gasteiger partial charge < -0.3 is 10.6 Å². The summed E-state index contributed by atoms with van der Waals surface area (Å²) in [4.78, 5) is 12.5. The smallest absolute Gasteiger partial charge is 0.251 e. The quantitative estimate of drug-likeness (QED) is 0.865. The summed E-state index contributed by atoms with van der Waals surface area (Å²) in [6.07, 6.45) is 0.818. The molecule has 1 aliphatic rings. The molecule has 1 unspecified atom stereocenters. The molecule has 3 rings (SSSR count). The Bertz CT molecular complexity index is 703. The van der Waals surface area contributed by atoms with Crippen molar-refractivity contribution in [1.82, 2.24) is 10.6 Å². The zero-order chi connectivity index (χ0) is 15.5. The van der Waals surface area contributed by atoms with Gasteiger partial charge in [-0.2, -0.15) is 0 Å². The maximum Gasteiger partial charge on any atom is 0.251 e. The molecule has 0 saturated carbocycles. The molecule has 0 radical (unpaired) electrons. The highest BCUT2D eigenvalue weighted by Crippen LogP contribution is 2.22. The molecule has 1 atom stereocenters. The van der Waals surface area contributed by atoms with Gasteiger partial charge in [-0.05, 0) is 47.4 Å². The van der Waals surface area contributed by atoms with Crippen LogP contribution in [0, 0.1) is 0 Å². The summed E-state index contributed by atoms with van der Waals surface area (Å²) in [6, 6.07) is 13.5. The average Bonchev–Trinajstić information content (AvgIpc) is 2.99. The molecule has 2 N–H and O–H groups in total. The fourth-order valence-electron chi connectivity index (χ4n) is 2.82. The van der Waals surface area contributed by atoms with E-state index in [1.165, 1.54) is 11.1 Å². The van der Waals surface area contributed by atoms with E-state index in [-0.39, 0.29) is 24.4 Å². The molecule has 5 heteroatoms. The molecule has 0 aromatic heterocycles. The van der Waals surface area contributed by atoms with E-state index in [2.05, 4.69) is 17.6 Å². The first kappa shape index (κ1) is 17.8. The molecule has 0 spiro atoms. The van der Waals surface area contributed by atoms with Crippen LogP contribution in [0.4, 0.5) is 0 Å². The predicted molar refractivity (Wildman–Crippen MR) is 96.2 cm³/mol. The van der Waals surface area contributed by atoms with Crippen LogP contribution in [0.2, 0.25) is 5.02 Å². The lowest BCUT2D eigenvalue weighted by molar-refractivity contribution is 0.0935. The number of rotatable bonds is 4. The second-order valence-electron chi connectivity index (χ2n) is 5.58. The van der Waals surface area contributed by atoms with E-state index in [9.17, 15) is 4.79 Å². The molecular formula is C18H20Cl2N2O. The first-order valence-electron chi connectivity index (χ1n) is 7.56. The zero-order valence-corrected chi connectivity index (χ0v) is 14.5. The molecule has 122 valence electrons. The van der Waals surface area contributed by atoms with Gasteiger partial charge in [0.25, 0.3) is 5.91 Å². The highest BCUT2D eigenvalue weighted by atomic mass is 35.5. The molecular weight excluding hydrogens is 331 g/mol. The second-order valence-corrected chi connectivity index (χ2v) is 6.01. The third-order valence-corrected chi connectivity index (χ3v) is 4.30. The first-order chi connectivity index (χ1) is 10.7. The first-order valence-corrected chi connectivity index (χ1v) is 7.94. The Morgan fingerprint density at radius 2 is 2.00 bits per heavy atom. The Labute approximate surface area is 147 Å². The molecule has 1 amide bonds. The van der Waals surface area contributed by atoms with Crippen molar-refractivity contribution in [3.63, 3.8) is 0 Å². The van der Waals surface area contributed by atoms with Gasteiger partial charge in [0.1, 0.15) is 0 Å². The van der Waals surface area contributed by atoms with Crippen LogP contribution in [0.3, 0.4) is 0 Å². The van der Waals surface area contributed by atoms with E-state index >= 15 is 0 Å². The lowest BCUT2D eigenvalue weighted by atomic mass is 10.0. The van der Waals surface area contributed by atoms with Gasteiger partial charge in [-0.15, -0.1) is 12.4 Å². The standard InChI is InChI=1S/C18H19ClN2O.ClH/c1-2-17(12-4-3-5-16(19)9-12)21-18(22)13-6-7-14-10-20-11-15(14)8-13;/h3-9,17,20H,2,10-11H2,1H3,(H,21,22);1H. The van der Waals surface area contributed by atoms with Gasteiger partial charge in [0.2, 0.25) is 0 Å². The molecule has 1 heterocycles. The van der Waals surface area contributed by atoms with Crippen molar-refractivity contribution in [3.05, 3.63) is 69.7 Å². The van der Waals surface area contributed by atoms with Crippen LogP contribution >= 0.6 is 24.0 Å². The van der Waals surface area contributed by atoms with Crippen molar-refractivity contribution in [3.8, 4) is 0 Å². The number of carbonyl (C=O) groups is 1. The minimum absolute atomic E-state index is 0. The molecule has 0 fully saturated rings. The molecule has 1 aliphatic heterocycles. The summed E-state index contributed by atoms with van der Waals surface area (Å²) in [5.41, 5.74) is 4.23. The summed E-state index contributed by atoms with van der Waals surface area (Å²) >= 11 is 6.04. The molecule has 3 nitrogen and oxygen atoms in total. The minimum Gasteiger partial charge on any atom is -0.345 e. The summed E-state index contributed by atoms with van der Waals surface area (Å²) < 4.78 is 0. The summed E-state index contributed by atoms with van der Waals surface area (Å²) in [5.74, 6) is -0.0403. The summed E-state index contributed by atoms with van der Waals surface area (Å²) in [6.45, 7) is 3.78. The number of benzene rings is 2. The molecule has 23 heavy (non-hydrogen) atoms. The number of carbonyl (C=O) groups excluding carboxylic acids is 1. The fourth-order valence-corrected chi connectivity index (χ4v) is 3.02. The van der Waals surface area contributed by atoms with E-state index < -0.39 is 0 Å². The highest BCUT2D eigenvalue weighted by molar-refractivity contribution is 6.30. The average molecular weight is 351 g/mol. The number of hydrogen-bond acceptors (Lipinski definition) is 2. The molecule has 0 aliphatic carbocycles. The zero-order valence-electron chi connectivity index (χ0n) is 12.9. The van der Waals surface area contributed by atoms with E-state index in [0.717, 1.165) is 25.1 Å². The normalized spacial score (nSPS) is 13.8. The van der Waals surface area contributed by atoms with Crippen LogP contribution in [0.15, 0.2) is 42.5 Å². The van der Waals surface area contributed by atoms with E-state index in [4.69, 9.17) is 11.6 Å². The monoisotopic (exact) mass is 350 g/mol. The number of halogens is 2. The van der Waals surface area contributed by atoms with Crippen molar-refractivity contribution in [2.45, 2.75) is 32.5 Å². The topological polar surface area (TPSA) is 41.1 Å². The van der Waals surface area contributed by atoms with Crippen molar-refractivity contribution in [1.29, 1.82) is 0 Å². The van der Waals surface area contributed by atoms with E-state index in [1.807, 2.05) is 42.5 Å². The predicted octanol–water partition coefficient (Wildman–Crippen LogP) is 4.25. The second kappa shape index (κ2) is 7.82. The van der Waals surface area contributed by atoms with Gasteiger partial charge >= 0.3 is 0 Å². The summed E-state index contributed by atoms with van der Waals surface area (Å²) in [5, 5.41) is 7.08. The minimum atomic E-state index is -0.0403. The lowest BCUT2D eigenvalue weighted by Crippen LogP contribution is -2.28. The number of nitrogens with one attached hydrogen (secondary N) is 2. The fraction of sp³-hybridized carbons (Fsp3) is 0.278. The SMILES string of the molecule is CCC(NC(=O)c1ccc2c(c1)CNC2)c1cccc(Cl)c1.Cl. The Kier molecular flexibility index (Phi) is 6.05. The van der Waals surface area contributed by atoms with Crippen LogP contribution in [0.5, 0.6) is 0 Å². The van der Waals surface area contributed by atoms with Gasteiger partial charge in [0.05, 0.1) is 6.04 Å². The van der Waals surface area contributed by atoms with Gasteiger partial charge in [0.15, 0.2) is 0 Å². The van der Waals surface area contributed by atoms with Crippen molar-refractivity contribution in [2.24, 2.45) is 0 Å². The summed E-state index contributed by atoms with van der Waals surface area (Å²) in [7, 11) is 0. The highest BCUT2D eigenvalue weighted by Gasteiger charge is 2.17. The third kappa shape index (κ3) is 4.05. The van der Waals surface area contributed by atoms with Crippen LogP contribution in [0.25, 0.3) is 0 Å². The Morgan fingerprint density at radius 1 is 1.22 bits per heavy atom. The van der Waals surface area contributed by atoms with E-state index in [0.29, 0.717) is 10.6 Å². The largest absolute Gasteiger partial charge is 0.345 e. The molecule has 0 bridgehead atoms. The maximum absolute atomic E-state index is 12.5. The van der Waals surface area contributed by atoms with Gasteiger partial charge in [-0.3, -0.25) is 4.79 Å². The lowest BCUT2D eigenvalue weighted by Gasteiger charge is -2.18. The van der Waals surface area contributed by atoms with Crippen LogP contribution in [-0.2, 0) is 13.1 Å². The van der Waals surface area contributed by atoms with Crippen molar-refractivity contribution >= 4 is 29.9 Å². The molecule has 2 aromatic rings. The maximum atomic E-state index is 12.5. The molecule has 2 aromatic carbocycles. The van der Waals surface area contributed by atoms with Gasteiger partial charge in [-0.1, -0.05) is 36.7 Å². The third-order valence-electron chi connectivity index (χ3n) is 4.06.